The predicted molar refractivity (Wildman–Crippen MR) is 110 cm³/mol. The van der Waals surface area contributed by atoms with E-state index in [0.717, 1.165) is 18.2 Å². The van der Waals surface area contributed by atoms with Crippen molar-refractivity contribution in [1.82, 2.24) is 15.3 Å². The van der Waals surface area contributed by atoms with E-state index in [-0.39, 0.29) is 22.4 Å². The van der Waals surface area contributed by atoms with E-state index in [2.05, 4.69) is 15.3 Å². The second kappa shape index (κ2) is 8.26. The zero-order chi connectivity index (χ0) is 22.9. The first-order valence-electron chi connectivity index (χ1n) is 9.44. The summed E-state index contributed by atoms with van der Waals surface area (Å²) in [5.74, 6) is -1.34. The SMILES string of the molecule is O=C(N[C@@H](c1ccc(C(F)(F)F)cc1)c1ncccc1F)c1ccc2ccc(=O)[nH]c2c1. The van der Waals surface area contributed by atoms with Gasteiger partial charge in [-0.1, -0.05) is 18.2 Å². The lowest BCUT2D eigenvalue weighted by molar-refractivity contribution is -0.137. The number of aromatic amines is 1. The number of alkyl halides is 3. The Hall–Kier alpha value is -4.01. The summed E-state index contributed by atoms with van der Waals surface area (Å²) >= 11 is 0. The Kier molecular flexibility index (Phi) is 5.48. The summed E-state index contributed by atoms with van der Waals surface area (Å²) in [6.07, 6.45) is -3.21. The van der Waals surface area contributed by atoms with Gasteiger partial charge in [0.15, 0.2) is 0 Å². The van der Waals surface area contributed by atoms with Crippen LogP contribution in [0.2, 0.25) is 0 Å². The third-order valence-corrected chi connectivity index (χ3v) is 4.89. The maximum absolute atomic E-state index is 14.5. The van der Waals surface area contributed by atoms with Gasteiger partial charge in [-0.05, 0) is 53.4 Å². The Morgan fingerprint density at radius 3 is 2.41 bits per heavy atom. The van der Waals surface area contributed by atoms with Gasteiger partial charge in [0.25, 0.3) is 5.91 Å². The molecule has 9 heteroatoms. The lowest BCUT2D eigenvalue weighted by Gasteiger charge is -2.20. The topological polar surface area (TPSA) is 74.8 Å². The molecule has 4 aromatic rings. The molecule has 4 rings (SSSR count). The molecule has 0 fully saturated rings. The Balaban J connectivity index is 1.71. The zero-order valence-electron chi connectivity index (χ0n) is 16.3. The summed E-state index contributed by atoms with van der Waals surface area (Å²) in [7, 11) is 0. The molecule has 0 spiro atoms. The van der Waals surface area contributed by atoms with E-state index < -0.39 is 29.5 Å². The van der Waals surface area contributed by atoms with E-state index >= 15 is 0 Å². The van der Waals surface area contributed by atoms with Crippen LogP contribution in [0, 0.1) is 5.82 Å². The highest BCUT2D eigenvalue weighted by atomic mass is 19.4. The van der Waals surface area contributed by atoms with Gasteiger partial charge in [0.2, 0.25) is 5.56 Å². The summed E-state index contributed by atoms with van der Waals surface area (Å²) in [5, 5.41) is 3.33. The van der Waals surface area contributed by atoms with E-state index in [4.69, 9.17) is 0 Å². The van der Waals surface area contributed by atoms with Crippen LogP contribution >= 0.6 is 0 Å². The van der Waals surface area contributed by atoms with Gasteiger partial charge in [-0.2, -0.15) is 13.2 Å². The summed E-state index contributed by atoms with van der Waals surface area (Å²) in [5.41, 5.74) is -0.527. The zero-order valence-corrected chi connectivity index (χ0v) is 16.3. The highest BCUT2D eigenvalue weighted by Crippen LogP contribution is 2.31. The molecule has 0 bridgehead atoms. The van der Waals surface area contributed by atoms with Crippen LogP contribution in [-0.2, 0) is 6.18 Å². The Morgan fingerprint density at radius 1 is 1.00 bits per heavy atom. The fraction of sp³-hybridized carbons (Fsp3) is 0.0870. The fourth-order valence-corrected chi connectivity index (χ4v) is 3.29. The second-order valence-electron chi connectivity index (χ2n) is 7.02. The standard InChI is InChI=1S/C23H15F4N3O2/c24-17-2-1-11-28-21(17)20(14-5-8-16(9-6-14)23(25,26)27)30-22(32)15-4-3-13-7-10-19(31)29-18(13)12-15/h1-12,20H,(H,29,31)(H,30,32)/t20-/m0/s1. The van der Waals surface area contributed by atoms with Crippen LogP contribution in [-0.4, -0.2) is 15.9 Å². The maximum atomic E-state index is 14.5. The van der Waals surface area contributed by atoms with Crippen LogP contribution < -0.4 is 10.9 Å². The largest absolute Gasteiger partial charge is 0.416 e. The molecule has 0 saturated heterocycles. The molecule has 2 N–H and O–H groups in total. The maximum Gasteiger partial charge on any atom is 0.416 e. The first-order chi connectivity index (χ1) is 15.2. The minimum atomic E-state index is -4.53. The molecule has 0 aliphatic heterocycles. The van der Waals surface area contributed by atoms with E-state index in [1.54, 1.807) is 12.1 Å². The molecule has 0 aliphatic rings. The molecule has 0 unspecified atom stereocenters. The first kappa shape index (κ1) is 21.2. The fourth-order valence-electron chi connectivity index (χ4n) is 3.29. The average Bonchev–Trinajstić information content (AvgIpc) is 2.77. The predicted octanol–water partition coefficient (Wildman–Crippen LogP) is 4.60. The van der Waals surface area contributed by atoms with Gasteiger partial charge < -0.3 is 10.3 Å². The Labute approximate surface area is 178 Å². The summed E-state index contributed by atoms with van der Waals surface area (Å²) in [6, 6.07) is 13.0. The van der Waals surface area contributed by atoms with Crippen LogP contribution in [0.1, 0.15) is 33.2 Å². The number of halogens is 4. The van der Waals surface area contributed by atoms with Crippen LogP contribution in [0.25, 0.3) is 10.9 Å². The highest BCUT2D eigenvalue weighted by molar-refractivity contribution is 5.98. The van der Waals surface area contributed by atoms with Gasteiger partial charge in [0.05, 0.1) is 11.6 Å². The summed E-state index contributed by atoms with van der Waals surface area (Å²) < 4.78 is 53.2. The Bertz CT molecular complexity index is 1350. The van der Waals surface area contributed by atoms with Crippen molar-refractivity contribution in [1.29, 1.82) is 0 Å². The smallest absolute Gasteiger partial charge is 0.339 e. The first-order valence-corrected chi connectivity index (χ1v) is 9.44. The van der Waals surface area contributed by atoms with Gasteiger partial charge in [-0.15, -0.1) is 0 Å². The molecule has 32 heavy (non-hydrogen) atoms. The highest BCUT2D eigenvalue weighted by Gasteiger charge is 2.31. The monoisotopic (exact) mass is 441 g/mol. The molecule has 162 valence electrons. The minimum absolute atomic E-state index is 0.144. The average molecular weight is 441 g/mol. The molecule has 1 amide bonds. The van der Waals surface area contributed by atoms with E-state index in [0.29, 0.717) is 10.9 Å². The molecule has 1 atom stereocenters. The van der Waals surface area contributed by atoms with Crippen LogP contribution in [0.3, 0.4) is 0 Å². The number of amides is 1. The normalized spacial score (nSPS) is 12.5. The van der Waals surface area contributed by atoms with Crippen molar-refractivity contribution in [3.05, 3.63) is 111 Å². The molecule has 2 heterocycles. The molecular weight excluding hydrogens is 426 g/mol. The number of rotatable bonds is 4. The van der Waals surface area contributed by atoms with Gasteiger partial charge >= 0.3 is 6.18 Å². The van der Waals surface area contributed by atoms with Crippen LogP contribution in [0.4, 0.5) is 17.6 Å². The lowest BCUT2D eigenvalue weighted by atomic mass is 10.00. The number of pyridine rings is 2. The Morgan fingerprint density at radius 2 is 1.72 bits per heavy atom. The van der Waals surface area contributed by atoms with Crippen molar-refractivity contribution < 1.29 is 22.4 Å². The molecule has 2 aromatic carbocycles. The van der Waals surface area contributed by atoms with Crippen LogP contribution in [0.5, 0.6) is 0 Å². The quantitative estimate of drug-likeness (QED) is 0.455. The number of hydrogen-bond donors (Lipinski definition) is 2. The number of benzene rings is 2. The van der Waals surface area contributed by atoms with Gasteiger partial charge in [-0.25, -0.2) is 4.39 Å². The third kappa shape index (κ3) is 4.36. The number of nitrogens with zero attached hydrogens (tertiary/aromatic N) is 1. The van der Waals surface area contributed by atoms with Crippen molar-refractivity contribution in [2.75, 3.05) is 0 Å². The van der Waals surface area contributed by atoms with Gasteiger partial charge in [-0.3, -0.25) is 14.6 Å². The number of H-pyrrole nitrogens is 1. The number of nitrogens with one attached hydrogen (secondary N) is 2. The molecule has 0 saturated carbocycles. The molecular formula is C23H15F4N3O2. The third-order valence-electron chi connectivity index (χ3n) is 4.89. The van der Waals surface area contributed by atoms with E-state index in [9.17, 15) is 27.2 Å². The minimum Gasteiger partial charge on any atom is -0.339 e. The summed E-state index contributed by atoms with van der Waals surface area (Å²) in [6.45, 7) is 0. The van der Waals surface area contributed by atoms with E-state index in [1.807, 2.05) is 0 Å². The van der Waals surface area contributed by atoms with Crippen molar-refractivity contribution in [3.63, 3.8) is 0 Å². The van der Waals surface area contributed by atoms with Crippen molar-refractivity contribution in [2.24, 2.45) is 0 Å². The molecule has 0 aliphatic carbocycles. The van der Waals surface area contributed by atoms with Crippen LogP contribution in [0.15, 0.2) is 77.7 Å². The van der Waals surface area contributed by atoms with Crippen molar-refractivity contribution in [3.8, 4) is 0 Å². The number of aromatic nitrogens is 2. The van der Waals surface area contributed by atoms with Gasteiger partial charge in [0, 0.05) is 23.3 Å². The number of hydrogen-bond acceptors (Lipinski definition) is 3. The van der Waals surface area contributed by atoms with Gasteiger partial charge in [0.1, 0.15) is 11.5 Å². The summed E-state index contributed by atoms with van der Waals surface area (Å²) in [4.78, 5) is 31.1. The number of carbonyl (C=O) groups is 1. The number of fused-ring (bicyclic) bond motifs is 1. The van der Waals surface area contributed by atoms with Crippen molar-refractivity contribution >= 4 is 16.8 Å². The lowest BCUT2D eigenvalue weighted by Crippen LogP contribution is -2.30. The molecule has 5 nitrogen and oxygen atoms in total. The van der Waals surface area contributed by atoms with E-state index in [1.165, 1.54) is 42.6 Å². The molecule has 2 aromatic heterocycles. The van der Waals surface area contributed by atoms with Crippen molar-refractivity contribution in [2.45, 2.75) is 12.2 Å². The second-order valence-corrected chi connectivity index (χ2v) is 7.02. The number of carbonyl (C=O) groups excluding carboxylic acids is 1. The molecule has 0 radical (unpaired) electrons.